The number of nitrogens with one attached hydrogen (secondary N) is 1. The summed E-state index contributed by atoms with van der Waals surface area (Å²) >= 11 is 0. The van der Waals surface area contributed by atoms with Gasteiger partial charge < -0.3 is 10.1 Å². The number of hydrogen-bond donors (Lipinski definition) is 1. The highest BCUT2D eigenvalue weighted by Crippen LogP contribution is 2.47. The molecule has 1 aliphatic carbocycles. The van der Waals surface area contributed by atoms with Crippen molar-refractivity contribution in [3.8, 4) is 0 Å². The van der Waals surface area contributed by atoms with Gasteiger partial charge in [0.15, 0.2) is 0 Å². The molecular formula is C15H19NO3. The predicted octanol–water partition coefficient (Wildman–Crippen LogP) is 1.86. The van der Waals surface area contributed by atoms with Crippen molar-refractivity contribution in [2.24, 2.45) is 5.92 Å². The lowest BCUT2D eigenvalue weighted by molar-refractivity contribution is -0.143. The fourth-order valence-corrected chi connectivity index (χ4v) is 2.21. The Hall–Kier alpha value is -1.84. The molecule has 1 saturated carbocycles. The number of carbonyl (C=O) groups is 2. The van der Waals surface area contributed by atoms with Crippen LogP contribution in [0.4, 0.5) is 0 Å². The lowest BCUT2D eigenvalue weighted by Crippen LogP contribution is -2.28. The first kappa shape index (κ1) is 13.6. The third-order valence-electron chi connectivity index (χ3n) is 3.29. The van der Waals surface area contributed by atoms with Crippen molar-refractivity contribution in [2.75, 3.05) is 13.2 Å². The summed E-state index contributed by atoms with van der Waals surface area (Å²) in [5.74, 6) is 0.171. The molecular weight excluding hydrogens is 242 g/mol. The van der Waals surface area contributed by atoms with E-state index in [9.17, 15) is 9.59 Å². The third kappa shape index (κ3) is 3.81. The third-order valence-corrected chi connectivity index (χ3v) is 3.29. The molecule has 0 aromatic heterocycles. The van der Waals surface area contributed by atoms with Crippen molar-refractivity contribution >= 4 is 11.9 Å². The fourth-order valence-electron chi connectivity index (χ4n) is 2.21. The standard InChI is InChI=1S/C15H19NO3/c1-2-19-14(17)8-9-16-15(18)13-10-12(13)11-6-4-3-5-7-11/h3-7,12-13H,2,8-10H2,1H3,(H,16,18). The van der Waals surface area contributed by atoms with Crippen molar-refractivity contribution < 1.29 is 14.3 Å². The second kappa shape index (κ2) is 6.36. The Labute approximate surface area is 113 Å². The van der Waals surface area contributed by atoms with Crippen molar-refractivity contribution in [3.05, 3.63) is 35.9 Å². The van der Waals surface area contributed by atoms with Crippen LogP contribution in [0.3, 0.4) is 0 Å². The van der Waals surface area contributed by atoms with E-state index < -0.39 is 0 Å². The maximum Gasteiger partial charge on any atom is 0.307 e. The monoisotopic (exact) mass is 261 g/mol. The minimum atomic E-state index is -0.266. The zero-order valence-corrected chi connectivity index (χ0v) is 11.1. The van der Waals surface area contributed by atoms with Crippen LogP contribution < -0.4 is 5.32 Å². The lowest BCUT2D eigenvalue weighted by Gasteiger charge is -2.05. The average Bonchev–Trinajstić information content (AvgIpc) is 3.20. The van der Waals surface area contributed by atoms with Gasteiger partial charge in [0, 0.05) is 12.5 Å². The van der Waals surface area contributed by atoms with Crippen LogP contribution in [-0.4, -0.2) is 25.0 Å². The summed E-state index contributed by atoms with van der Waals surface area (Å²) in [6.45, 7) is 2.51. The van der Waals surface area contributed by atoms with Gasteiger partial charge in [0.05, 0.1) is 13.0 Å². The van der Waals surface area contributed by atoms with Gasteiger partial charge in [-0.15, -0.1) is 0 Å². The SMILES string of the molecule is CCOC(=O)CCNC(=O)C1CC1c1ccccc1. The maximum absolute atomic E-state index is 11.9. The molecule has 0 spiro atoms. The van der Waals surface area contributed by atoms with Gasteiger partial charge in [-0.05, 0) is 24.8 Å². The summed E-state index contributed by atoms with van der Waals surface area (Å²) in [4.78, 5) is 23.0. The van der Waals surface area contributed by atoms with Crippen LogP contribution in [0.5, 0.6) is 0 Å². The molecule has 0 radical (unpaired) electrons. The summed E-state index contributed by atoms with van der Waals surface area (Å²) < 4.78 is 4.80. The van der Waals surface area contributed by atoms with E-state index in [2.05, 4.69) is 17.4 Å². The van der Waals surface area contributed by atoms with Crippen LogP contribution in [0.1, 0.15) is 31.2 Å². The largest absolute Gasteiger partial charge is 0.466 e. The molecule has 4 nitrogen and oxygen atoms in total. The second-order valence-electron chi connectivity index (χ2n) is 4.71. The van der Waals surface area contributed by atoms with Gasteiger partial charge in [0.2, 0.25) is 5.91 Å². The molecule has 4 heteroatoms. The van der Waals surface area contributed by atoms with Crippen LogP contribution in [0, 0.1) is 5.92 Å². The quantitative estimate of drug-likeness (QED) is 0.795. The molecule has 1 N–H and O–H groups in total. The molecule has 2 unspecified atom stereocenters. The molecule has 1 aliphatic rings. The second-order valence-corrected chi connectivity index (χ2v) is 4.71. The number of amides is 1. The minimum absolute atomic E-state index is 0.0400. The van der Waals surface area contributed by atoms with E-state index in [0.717, 1.165) is 6.42 Å². The van der Waals surface area contributed by atoms with E-state index in [0.29, 0.717) is 19.1 Å². The van der Waals surface area contributed by atoms with Gasteiger partial charge in [-0.25, -0.2) is 0 Å². The Kier molecular flexibility index (Phi) is 4.55. The van der Waals surface area contributed by atoms with Crippen molar-refractivity contribution in [1.29, 1.82) is 0 Å². The number of esters is 1. The van der Waals surface area contributed by atoms with E-state index >= 15 is 0 Å². The van der Waals surface area contributed by atoms with Gasteiger partial charge in [-0.1, -0.05) is 30.3 Å². The van der Waals surface area contributed by atoms with Crippen LogP contribution in [0.15, 0.2) is 30.3 Å². The molecule has 1 aromatic rings. The van der Waals surface area contributed by atoms with E-state index in [-0.39, 0.29) is 24.2 Å². The number of benzene rings is 1. The molecule has 2 rings (SSSR count). The molecule has 0 saturated heterocycles. The fraction of sp³-hybridized carbons (Fsp3) is 0.467. The Balaban J connectivity index is 1.70. The van der Waals surface area contributed by atoms with Crippen LogP contribution in [-0.2, 0) is 14.3 Å². The van der Waals surface area contributed by atoms with Crippen molar-refractivity contribution in [1.82, 2.24) is 5.32 Å². The van der Waals surface area contributed by atoms with Gasteiger partial charge in [-0.3, -0.25) is 9.59 Å². The summed E-state index contributed by atoms with van der Waals surface area (Å²) in [6.07, 6.45) is 1.14. The van der Waals surface area contributed by atoms with Crippen molar-refractivity contribution in [3.63, 3.8) is 0 Å². The molecule has 1 fully saturated rings. The Morgan fingerprint density at radius 2 is 2.05 bits per heavy atom. The molecule has 0 heterocycles. The van der Waals surface area contributed by atoms with Gasteiger partial charge in [0.25, 0.3) is 0 Å². The first-order valence-electron chi connectivity index (χ1n) is 6.70. The normalized spacial score (nSPS) is 20.7. The van der Waals surface area contributed by atoms with E-state index in [4.69, 9.17) is 4.74 Å². The summed E-state index contributed by atoms with van der Waals surface area (Å²) in [7, 11) is 0. The predicted molar refractivity (Wildman–Crippen MR) is 71.5 cm³/mol. The number of hydrogen-bond acceptors (Lipinski definition) is 3. The summed E-state index contributed by atoms with van der Waals surface area (Å²) in [6, 6.07) is 10.1. The zero-order valence-electron chi connectivity index (χ0n) is 11.1. The number of ether oxygens (including phenoxy) is 1. The van der Waals surface area contributed by atoms with Gasteiger partial charge >= 0.3 is 5.97 Å². The molecule has 2 atom stereocenters. The Bertz CT molecular complexity index is 444. The maximum atomic E-state index is 11.9. The van der Waals surface area contributed by atoms with Crippen LogP contribution >= 0.6 is 0 Å². The molecule has 102 valence electrons. The topological polar surface area (TPSA) is 55.4 Å². The molecule has 0 aliphatic heterocycles. The average molecular weight is 261 g/mol. The first-order valence-corrected chi connectivity index (χ1v) is 6.70. The summed E-state index contributed by atoms with van der Waals surface area (Å²) in [5, 5.41) is 2.79. The van der Waals surface area contributed by atoms with Crippen LogP contribution in [0.2, 0.25) is 0 Å². The smallest absolute Gasteiger partial charge is 0.307 e. The number of rotatable bonds is 6. The van der Waals surface area contributed by atoms with Crippen molar-refractivity contribution in [2.45, 2.75) is 25.7 Å². The first-order chi connectivity index (χ1) is 9.22. The Morgan fingerprint density at radius 3 is 2.74 bits per heavy atom. The lowest BCUT2D eigenvalue weighted by atomic mass is 10.1. The van der Waals surface area contributed by atoms with Gasteiger partial charge in [-0.2, -0.15) is 0 Å². The summed E-state index contributed by atoms with van der Waals surface area (Å²) in [5.41, 5.74) is 1.22. The molecule has 0 bridgehead atoms. The minimum Gasteiger partial charge on any atom is -0.466 e. The highest BCUT2D eigenvalue weighted by Gasteiger charge is 2.43. The highest BCUT2D eigenvalue weighted by atomic mass is 16.5. The molecule has 1 amide bonds. The van der Waals surface area contributed by atoms with Gasteiger partial charge in [0.1, 0.15) is 0 Å². The highest BCUT2D eigenvalue weighted by molar-refractivity contribution is 5.83. The Morgan fingerprint density at radius 1 is 1.32 bits per heavy atom. The number of carbonyl (C=O) groups excluding carboxylic acids is 2. The van der Waals surface area contributed by atoms with Crippen LogP contribution in [0.25, 0.3) is 0 Å². The molecule has 19 heavy (non-hydrogen) atoms. The zero-order chi connectivity index (χ0) is 13.7. The molecule has 1 aromatic carbocycles. The van der Waals surface area contributed by atoms with E-state index in [1.807, 2.05) is 18.2 Å². The van der Waals surface area contributed by atoms with E-state index in [1.54, 1.807) is 6.92 Å². The van der Waals surface area contributed by atoms with E-state index in [1.165, 1.54) is 5.56 Å².